The number of halogens is 1. The quantitative estimate of drug-likeness (QED) is 0.746. The van der Waals surface area contributed by atoms with Crippen LogP contribution in [0.4, 0.5) is 4.39 Å². The standard InChI is InChI=1S/C19H15FN2O3/c1-11-13(10-15-16(17(11)20)19(24)25-18(15)23)9-12-3-5-14(6-4-12)22-8-2-7-21-22/h2-8,10,19,24H,9H2,1H3. The number of esters is 1. The monoisotopic (exact) mass is 338 g/mol. The Labute approximate surface area is 143 Å². The molecule has 0 bridgehead atoms. The Balaban J connectivity index is 1.66. The Bertz CT molecular complexity index is 950. The molecule has 1 unspecified atom stereocenters. The van der Waals surface area contributed by atoms with Gasteiger partial charge in [0.15, 0.2) is 0 Å². The predicted octanol–water partition coefficient (Wildman–Crippen LogP) is 3.07. The van der Waals surface area contributed by atoms with Gasteiger partial charge in [-0.3, -0.25) is 0 Å². The van der Waals surface area contributed by atoms with E-state index in [-0.39, 0.29) is 11.1 Å². The molecule has 0 spiro atoms. The third-order valence-corrected chi connectivity index (χ3v) is 4.44. The van der Waals surface area contributed by atoms with Gasteiger partial charge < -0.3 is 9.84 Å². The van der Waals surface area contributed by atoms with Crippen molar-refractivity contribution in [3.63, 3.8) is 0 Å². The van der Waals surface area contributed by atoms with Crippen LogP contribution in [-0.2, 0) is 11.2 Å². The molecule has 3 aromatic rings. The molecule has 0 saturated carbocycles. The Morgan fingerprint density at radius 3 is 2.76 bits per heavy atom. The largest absolute Gasteiger partial charge is 0.428 e. The molecule has 1 atom stereocenters. The van der Waals surface area contributed by atoms with Gasteiger partial charge in [-0.2, -0.15) is 5.10 Å². The topological polar surface area (TPSA) is 64.3 Å². The molecular formula is C19H15FN2O3. The van der Waals surface area contributed by atoms with E-state index in [0.717, 1.165) is 11.3 Å². The molecule has 0 fully saturated rings. The van der Waals surface area contributed by atoms with Crippen LogP contribution < -0.4 is 0 Å². The number of nitrogens with zero attached hydrogens (tertiary/aromatic N) is 2. The second-order valence-electron chi connectivity index (χ2n) is 5.99. The lowest BCUT2D eigenvalue weighted by Crippen LogP contribution is -2.04. The van der Waals surface area contributed by atoms with E-state index in [1.807, 2.05) is 36.5 Å². The highest BCUT2D eigenvalue weighted by molar-refractivity contribution is 5.94. The number of fused-ring (bicyclic) bond motifs is 1. The highest BCUT2D eigenvalue weighted by Gasteiger charge is 2.34. The van der Waals surface area contributed by atoms with Crippen LogP contribution in [0.25, 0.3) is 5.69 Å². The third-order valence-electron chi connectivity index (χ3n) is 4.44. The van der Waals surface area contributed by atoms with E-state index in [1.54, 1.807) is 23.9 Å². The number of rotatable bonds is 3. The number of hydrogen-bond donors (Lipinski definition) is 1. The van der Waals surface area contributed by atoms with Crippen LogP contribution in [0.3, 0.4) is 0 Å². The molecule has 4 rings (SSSR count). The van der Waals surface area contributed by atoms with Crippen molar-refractivity contribution >= 4 is 5.97 Å². The first-order valence-corrected chi connectivity index (χ1v) is 7.84. The summed E-state index contributed by atoms with van der Waals surface area (Å²) in [5, 5.41) is 13.8. The zero-order chi connectivity index (χ0) is 17.6. The molecule has 1 aliphatic heterocycles. The van der Waals surface area contributed by atoms with Gasteiger partial charge in [0.1, 0.15) is 5.82 Å². The first-order chi connectivity index (χ1) is 12.0. The van der Waals surface area contributed by atoms with Gasteiger partial charge >= 0.3 is 5.97 Å². The molecule has 6 heteroatoms. The Morgan fingerprint density at radius 2 is 2.08 bits per heavy atom. The zero-order valence-electron chi connectivity index (χ0n) is 13.4. The van der Waals surface area contributed by atoms with Crippen LogP contribution in [0.5, 0.6) is 0 Å². The fourth-order valence-corrected chi connectivity index (χ4v) is 3.05. The van der Waals surface area contributed by atoms with E-state index >= 15 is 0 Å². The molecule has 0 radical (unpaired) electrons. The van der Waals surface area contributed by atoms with Gasteiger partial charge in [0, 0.05) is 12.4 Å². The number of carbonyl (C=O) groups is 1. The van der Waals surface area contributed by atoms with E-state index in [9.17, 15) is 14.3 Å². The van der Waals surface area contributed by atoms with Crippen molar-refractivity contribution in [3.05, 3.63) is 82.4 Å². The maximum atomic E-state index is 14.5. The summed E-state index contributed by atoms with van der Waals surface area (Å²) in [6.45, 7) is 1.64. The third kappa shape index (κ3) is 2.60. The molecule has 0 amide bonds. The van der Waals surface area contributed by atoms with Crippen molar-refractivity contribution in [1.82, 2.24) is 9.78 Å². The maximum absolute atomic E-state index is 14.5. The van der Waals surface area contributed by atoms with Crippen molar-refractivity contribution in [2.75, 3.05) is 0 Å². The summed E-state index contributed by atoms with van der Waals surface area (Å²) < 4.78 is 21.0. The van der Waals surface area contributed by atoms with Crippen LogP contribution in [-0.4, -0.2) is 20.9 Å². The van der Waals surface area contributed by atoms with E-state index < -0.39 is 18.1 Å². The van der Waals surface area contributed by atoms with Crippen LogP contribution in [0, 0.1) is 12.7 Å². The Morgan fingerprint density at radius 1 is 1.32 bits per heavy atom. The summed E-state index contributed by atoms with van der Waals surface area (Å²) in [5.41, 5.74) is 3.03. The van der Waals surface area contributed by atoms with Crippen molar-refractivity contribution in [2.24, 2.45) is 0 Å². The first-order valence-electron chi connectivity index (χ1n) is 7.84. The number of ether oxygens (including phenoxy) is 1. The summed E-state index contributed by atoms with van der Waals surface area (Å²) in [6.07, 6.45) is 2.51. The average Bonchev–Trinajstić information content (AvgIpc) is 3.22. The maximum Gasteiger partial charge on any atom is 0.341 e. The Kier molecular flexibility index (Phi) is 3.62. The van der Waals surface area contributed by atoms with Crippen LogP contribution in [0.2, 0.25) is 0 Å². The fraction of sp³-hybridized carbons (Fsp3) is 0.158. The molecule has 2 aromatic carbocycles. The fourth-order valence-electron chi connectivity index (χ4n) is 3.05. The highest BCUT2D eigenvalue weighted by atomic mass is 19.1. The van der Waals surface area contributed by atoms with Gasteiger partial charge in [-0.05, 0) is 54.3 Å². The average molecular weight is 338 g/mol. The number of aromatic nitrogens is 2. The van der Waals surface area contributed by atoms with Crippen molar-refractivity contribution in [1.29, 1.82) is 0 Å². The van der Waals surface area contributed by atoms with Crippen LogP contribution in [0.15, 0.2) is 48.8 Å². The summed E-state index contributed by atoms with van der Waals surface area (Å²) in [7, 11) is 0. The minimum Gasteiger partial charge on any atom is -0.428 e. The van der Waals surface area contributed by atoms with Gasteiger partial charge in [0.25, 0.3) is 0 Å². The molecule has 1 aliphatic rings. The van der Waals surface area contributed by atoms with Gasteiger partial charge in [0.05, 0.1) is 16.8 Å². The smallest absolute Gasteiger partial charge is 0.341 e. The normalized spacial score (nSPS) is 16.0. The number of benzene rings is 2. The Hall–Kier alpha value is -2.99. The lowest BCUT2D eigenvalue weighted by atomic mass is 9.94. The molecule has 2 heterocycles. The van der Waals surface area contributed by atoms with Gasteiger partial charge in [0.2, 0.25) is 6.29 Å². The predicted molar refractivity (Wildman–Crippen MR) is 87.9 cm³/mol. The lowest BCUT2D eigenvalue weighted by Gasteiger charge is -2.11. The second kappa shape index (κ2) is 5.82. The molecule has 1 aromatic heterocycles. The van der Waals surface area contributed by atoms with Gasteiger partial charge in [-0.15, -0.1) is 0 Å². The minimum absolute atomic E-state index is 0.0692. The van der Waals surface area contributed by atoms with Crippen molar-refractivity contribution in [2.45, 2.75) is 19.6 Å². The number of cyclic esters (lactones) is 1. The molecule has 0 aliphatic carbocycles. The van der Waals surface area contributed by atoms with E-state index in [4.69, 9.17) is 4.74 Å². The van der Waals surface area contributed by atoms with E-state index in [1.165, 1.54) is 0 Å². The SMILES string of the molecule is Cc1c(Cc2ccc(-n3cccn3)cc2)cc2c(c1F)C(O)OC2=O. The van der Waals surface area contributed by atoms with Crippen molar-refractivity contribution in [3.8, 4) is 5.69 Å². The number of aliphatic hydroxyl groups is 1. The zero-order valence-corrected chi connectivity index (χ0v) is 13.4. The van der Waals surface area contributed by atoms with Gasteiger partial charge in [-0.1, -0.05) is 12.1 Å². The number of carbonyl (C=O) groups excluding carboxylic acids is 1. The molecule has 25 heavy (non-hydrogen) atoms. The second-order valence-corrected chi connectivity index (χ2v) is 5.99. The van der Waals surface area contributed by atoms with Crippen LogP contribution >= 0.6 is 0 Å². The molecule has 5 nitrogen and oxygen atoms in total. The molecule has 126 valence electrons. The molecule has 0 saturated heterocycles. The van der Waals surface area contributed by atoms with E-state index in [0.29, 0.717) is 17.5 Å². The number of hydrogen-bond acceptors (Lipinski definition) is 4. The summed E-state index contributed by atoms with van der Waals surface area (Å²) >= 11 is 0. The highest BCUT2D eigenvalue weighted by Crippen LogP contribution is 2.34. The summed E-state index contributed by atoms with van der Waals surface area (Å²) in [6, 6.07) is 11.2. The minimum atomic E-state index is -1.52. The van der Waals surface area contributed by atoms with E-state index in [2.05, 4.69) is 5.10 Å². The lowest BCUT2D eigenvalue weighted by molar-refractivity contribution is -0.0562. The summed E-state index contributed by atoms with van der Waals surface area (Å²) in [5.74, 6) is -1.28. The van der Waals surface area contributed by atoms with Gasteiger partial charge in [-0.25, -0.2) is 13.9 Å². The molecule has 1 N–H and O–H groups in total. The number of aliphatic hydroxyl groups excluding tert-OH is 1. The van der Waals surface area contributed by atoms with Crippen molar-refractivity contribution < 1.29 is 19.0 Å². The summed E-state index contributed by atoms with van der Waals surface area (Å²) in [4.78, 5) is 11.8. The van der Waals surface area contributed by atoms with Crippen LogP contribution in [0.1, 0.15) is 38.9 Å². The molecular weight excluding hydrogens is 323 g/mol. The first kappa shape index (κ1) is 15.5.